The van der Waals surface area contributed by atoms with Crippen LogP contribution >= 0.6 is 11.6 Å². The Morgan fingerprint density at radius 3 is 2.47 bits per heavy atom. The molecule has 6 rings (SSSR count). The standard InChI is InChI=1S/C32H31ClN6O3S/c1-21-16-34-18-28(36-21)23-8-9-25(27(33)15-23)26-14-24-17-35-31(43(2)42)37-29(24)39(30(26)40)20-32(41)10-12-38(13-11-32)19-22-6-4-3-5-7-22/h3-9,14-18,41H,10-13,19-20H2,1-2H3. The molecule has 1 aliphatic rings. The van der Waals surface area contributed by atoms with Gasteiger partial charge < -0.3 is 5.11 Å². The normalized spacial score (nSPS) is 15.9. The Morgan fingerprint density at radius 1 is 1.00 bits per heavy atom. The van der Waals surface area contributed by atoms with Gasteiger partial charge in [0.1, 0.15) is 5.65 Å². The van der Waals surface area contributed by atoms with Crippen LogP contribution in [0.25, 0.3) is 33.4 Å². The van der Waals surface area contributed by atoms with Crippen molar-refractivity contribution in [3.05, 3.63) is 99.8 Å². The molecule has 0 bridgehead atoms. The van der Waals surface area contributed by atoms with Gasteiger partial charge in [0.15, 0.2) is 0 Å². The Labute approximate surface area is 256 Å². The van der Waals surface area contributed by atoms with Gasteiger partial charge in [-0.25, -0.2) is 15.0 Å². The molecule has 1 atom stereocenters. The first-order valence-electron chi connectivity index (χ1n) is 14.0. The second-order valence-electron chi connectivity index (χ2n) is 11.1. The second-order valence-corrected chi connectivity index (χ2v) is 12.7. The van der Waals surface area contributed by atoms with E-state index in [2.05, 4.69) is 37.0 Å². The van der Waals surface area contributed by atoms with Gasteiger partial charge in [0, 0.05) is 65.4 Å². The predicted octanol–water partition coefficient (Wildman–Crippen LogP) is 4.64. The molecule has 11 heteroatoms. The first kappa shape index (κ1) is 29.3. The molecule has 1 N–H and O–H groups in total. The Hall–Kier alpha value is -3.83. The van der Waals surface area contributed by atoms with Crippen LogP contribution in [0, 0.1) is 6.92 Å². The highest BCUT2D eigenvalue weighted by molar-refractivity contribution is 7.84. The van der Waals surface area contributed by atoms with Gasteiger partial charge in [0.2, 0.25) is 5.16 Å². The van der Waals surface area contributed by atoms with Crippen molar-refractivity contribution in [1.29, 1.82) is 0 Å². The van der Waals surface area contributed by atoms with Crippen LogP contribution in [-0.2, 0) is 23.9 Å². The van der Waals surface area contributed by atoms with Crippen LogP contribution in [0.3, 0.4) is 0 Å². The Morgan fingerprint density at radius 2 is 1.77 bits per heavy atom. The number of hydrogen-bond acceptors (Lipinski definition) is 8. The van der Waals surface area contributed by atoms with E-state index < -0.39 is 16.4 Å². The number of halogens is 1. The van der Waals surface area contributed by atoms with E-state index in [9.17, 15) is 14.1 Å². The monoisotopic (exact) mass is 614 g/mol. The van der Waals surface area contributed by atoms with Crippen molar-refractivity contribution in [3.63, 3.8) is 0 Å². The van der Waals surface area contributed by atoms with Gasteiger partial charge in [-0.1, -0.05) is 54.1 Å². The molecule has 4 heterocycles. The van der Waals surface area contributed by atoms with Gasteiger partial charge in [-0.2, -0.15) is 0 Å². The van der Waals surface area contributed by atoms with Crippen molar-refractivity contribution in [2.45, 2.75) is 43.6 Å². The summed E-state index contributed by atoms with van der Waals surface area (Å²) >= 11 is 6.77. The van der Waals surface area contributed by atoms with E-state index in [0.29, 0.717) is 58.8 Å². The molecule has 2 aromatic carbocycles. The maximum Gasteiger partial charge on any atom is 0.260 e. The van der Waals surface area contributed by atoms with E-state index >= 15 is 0 Å². The first-order chi connectivity index (χ1) is 20.7. The van der Waals surface area contributed by atoms with Crippen molar-refractivity contribution in [3.8, 4) is 22.4 Å². The minimum Gasteiger partial charge on any atom is -0.388 e. The van der Waals surface area contributed by atoms with Crippen molar-refractivity contribution in [1.82, 2.24) is 29.4 Å². The largest absolute Gasteiger partial charge is 0.388 e. The minimum atomic E-state index is -1.45. The van der Waals surface area contributed by atoms with Crippen molar-refractivity contribution in [2.75, 3.05) is 19.3 Å². The van der Waals surface area contributed by atoms with E-state index in [-0.39, 0.29) is 17.3 Å². The van der Waals surface area contributed by atoms with Gasteiger partial charge in [-0.15, -0.1) is 0 Å². The molecule has 1 aliphatic heterocycles. The van der Waals surface area contributed by atoms with Crippen LogP contribution in [0.4, 0.5) is 0 Å². The summed E-state index contributed by atoms with van der Waals surface area (Å²) in [5.41, 5.74) is 3.22. The fourth-order valence-corrected chi connectivity index (χ4v) is 6.24. The summed E-state index contributed by atoms with van der Waals surface area (Å²) in [5.74, 6) is 0. The van der Waals surface area contributed by atoms with Crippen molar-refractivity contribution >= 4 is 33.4 Å². The Balaban J connectivity index is 1.37. The molecule has 1 fully saturated rings. The molecule has 3 aromatic heterocycles. The quantitative estimate of drug-likeness (QED) is 0.264. The third-order valence-corrected chi connectivity index (χ3v) is 8.88. The highest BCUT2D eigenvalue weighted by Crippen LogP contribution is 2.32. The topological polar surface area (TPSA) is 114 Å². The lowest BCUT2D eigenvalue weighted by Crippen LogP contribution is -2.48. The van der Waals surface area contributed by atoms with E-state index in [0.717, 1.165) is 17.8 Å². The average molecular weight is 615 g/mol. The Bertz CT molecular complexity index is 1890. The number of fused-ring (bicyclic) bond motifs is 1. The number of rotatable bonds is 7. The van der Waals surface area contributed by atoms with Crippen LogP contribution < -0.4 is 5.56 Å². The summed E-state index contributed by atoms with van der Waals surface area (Å²) in [6.07, 6.45) is 7.38. The maximum atomic E-state index is 14.2. The molecule has 1 unspecified atom stereocenters. The summed E-state index contributed by atoms with van der Waals surface area (Å²) in [6, 6.07) is 17.4. The zero-order valence-electron chi connectivity index (χ0n) is 23.9. The molecule has 0 spiro atoms. The molecule has 220 valence electrons. The summed E-state index contributed by atoms with van der Waals surface area (Å²) in [6.45, 7) is 4.08. The zero-order chi connectivity index (χ0) is 30.1. The molecular weight excluding hydrogens is 584 g/mol. The summed E-state index contributed by atoms with van der Waals surface area (Å²) in [7, 11) is -1.45. The maximum absolute atomic E-state index is 14.2. The van der Waals surface area contributed by atoms with E-state index in [4.69, 9.17) is 11.6 Å². The van der Waals surface area contributed by atoms with E-state index in [1.807, 2.05) is 31.2 Å². The van der Waals surface area contributed by atoms with Crippen molar-refractivity contribution in [2.24, 2.45) is 0 Å². The third-order valence-electron chi connectivity index (χ3n) is 7.86. The number of aromatic nitrogens is 5. The lowest BCUT2D eigenvalue weighted by molar-refractivity contribution is -0.0356. The molecule has 0 saturated carbocycles. The van der Waals surface area contributed by atoms with Crippen LogP contribution in [0.15, 0.2) is 83.1 Å². The van der Waals surface area contributed by atoms with Crippen LogP contribution in [-0.4, -0.2) is 63.7 Å². The summed E-state index contributed by atoms with van der Waals surface area (Å²) in [4.78, 5) is 34.0. The molecule has 9 nitrogen and oxygen atoms in total. The number of benzene rings is 2. The number of pyridine rings is 1. The molecule has 0 radical (unpaired) electrons. The second kappa shape index (κ2) is 12.0. The minimum absolute atomic E-state index is 0.0384. The SMILES string of the molecule is Cc1cncc(-c2ccc(-c3cc4cnc(S(C)=O)nc4n(CC4(O)CCN(Cc5ccccc5)CC4)c3=O)c(Cl)c2)n1. The summed E-state index contributed by atoms with van der Waals surface area (Å²) < 4.78 is 13.7. The highest BCUT2D eigenvalue weighted by Gasteiger charge is 2.34. The van der Waals surface area contributed by atoms with Gasteiger partial charge in [0.25, 0.3) is 5.56 Å². The third kappa shape index (κ3) is 6.28. The predicted molar refractivity (Wildman–Crippen MR) is 168 cm³/mol. The van der Waals surface area contributed by atoms with Crippen LogP contribution in [0.2, 0.25) is 5.02 Å². The molecule has 0 aliphatic carbocycles. The molecule has 5 aromatic rings. The van der Waals surface area contributed by atoms with E-state index in [1.165, 1.54) is 16.4 Å². The van der Waals surface area contributed by atoms with Gasteiger partial charge in [-0.05, 0) is 37.5 Å². The number of aryl methyl sites for hydroxylation is 1. The van der Waals surface area contributed by atoms with Crippen molar-refractivity contribution < 1.29 is 9.32 Å². The molecular formula is C32H31ClN6O3S. The van der Waals surface area contributed by atoms with Gasteiger partial charge >= 0.3 is 0 Å². The number of aliphatic hydroxyl groups is 1. The number of piperidine rings is 1. The number of likely N-dealkylation sites (tertiary alicyclic amines) is 1. The lowest BCUT2D eigenvalue weighted by atomic mass is 9.90. The summed E-state index contributed by atoms with van der Waals surface area (Å²) in [5, 5.41) is 12.8. The molecule has 1 saturated heterocycles. The zero-order valence-corrected chi connectivity index (χ0v) is 25.5. The Kier molecular flexibility index (Phi) is 8.19. The molecule has 43 heavy (non-hydrogen) atoms. The fraction of sp³-hybridized carbons (Fsp3) is 0.281. The lowest BCUT2D eigenvalue weighted by Gasteiger charge is -2.38. The van der Waals surface area contributed by atoms with E-state index in [1.54, 1.807) is 36.8 Å². The average Bonchev–Trinajstić information content (AvgIpc) is 3.00. The fourth-order valence-electron chi connectivity index (χ4n) is 5.54. The molecule has 0 amide bonds. The van der Waals surface area contributed by atoms with Crippen LogP contribution in [0.1, 0.15) is 24.1 Å². The number of nitrogens with zero attached hydrogens (tertiary/aromatic N) is 6. The smallest absolute Gasteiger partial charge is 0.260 e. The first-order valence-corrected chi connectivity index (χ1v) is 15.9. The number of hydrogen-bond donors (Lipinski definition) is 1. The van der Waals surface area contributed by atoms with Gasteiger partial charge in [0.05, 0.1) is 40.5 Å². The van der Waals surface area contributed by atoms with Crippen LogP contribution in [0.5, 0.6) is 0 Å². The van der Waals surface area contributed by atoms with Gasteiger partial charge in [-0.3, -0.25) is 23.5 Å². The highest BCUT2D eigenvalue weighted by atomic mass is 35.5.